The van der Waals surface area contributed by atoms with Gasteiger partial charge in [-0.15, -0.1) is 0 Å². The zero-order chi connectivity index (χ0) is 15.0. The maximum Gasteiger partial charge on any atom is 0.311 e. The van der Waals surface area contributed by atoms with Crippen molar-refractivity contribution in [1.29, 1.82) is 0 Å². The molecule has 5 heteroatoms. The van der Waals surface area contributed by atoms with E-state index < -0.39 is 17.8 Å². The fourth-order valence-corrected chi connectivity index (χ4v) is 1.28. The number of carbonyl (C=O) groups excluding carboxylic acids is 2. The van der Waals surface area contributed by atoms with Gasteiger partial charge in [-0.05, 0) is 32.1 Å². The summed E-state index contributed by atoms with van der Waals surface area (Å²) in [5, 5.41) is 0. The van der Waals surface area contributed by atoms with Gasteiger partial charge in [0.05, 0.1) is 12.8 Å². The quantitative estimate of drug-likeness (QED) is 0.456. The number of benzene rings is 1. The Labute approximate surface area is 117 Å². The van der Waals surface area contributed by atoms with Gasteiger partial charge in [0.15, 0.2) is 11.6 Å². The molecule has 0 unspecified atom stereocenters. The molecule has 0 heterocycles. The molecular weight excluding hydrogens is 263 g/mol. The third-order valence-electron chi connectivity index (χ3n) is 2.33. The molecule has 20 heavy (non-hydrogen) atoms. The van der Waals surface area contributed by atoms with E-state index >= 15 is 0 Å². The lowest BCUT2D eigenvalue weighted by atomic mass is 10.3. The molecule has 0 spiro atoms. The normalized spacial score (nSPS) is 9.75. The van der Waals surface area contributed by atoms with Crippen molar-refractivity contribution in [3.8, 4) is 5.75 Å². The van der Waals surface area contributed by atoms with Crippen LogP contribution in [0.5, 0.6) is 5.75 Å². The summed E-state index contributed by atoms with van der Waals surface area (Å²) in [4.78, 5) is 22.8. The minimum atomic E-state index is -0.672. The van der Waals surface area contributed by atoms with Crippen molar-refractivity contribution in [2.75, 3.05) is 6.61 Å². The number of hydrogen-bond donors (Lipinski definition) is 0. The lowest BCUT2D eigenvalue weighted by molar-refractivity contribution is -0.146. The number of para-hydroxylation sites is 1. The van der Waals surface area contributed by atoms with Gasteiger partial charge in [0.1, 0.15) is 6.61 Å². The van der Waals surface area contributed by atoms with E-state index in [2.05, 4.69) is 0 Å². The summed E-state index contributed by atoms with van der Waals surface area (Å²) in [5.74, 6) is -1.93. The number of rotatable bonds is 6. The molecule has 0 aliphatic rings. The maximum atomic E-state index is 13.2. The van der Waals surface area contributed by atoms with Crippen molar-refractivity contribution in [2.45, 2.75) is 26.7 Å². The van der Waals surface area contributed by atoms with E-state index in [1.165, 1.54) is 18.2 Å². The summed E-state index contributed by atoms with van der Waals surface area (Å²) < 4.78 is 22.9. The molecule has 0 bridgehead atoms. The standard InChI is InChI=1S/C15H17FO4/c1-11(2)9-10-19-14(17)7-8-15(18)20-13-6-4-3-5-12(13)16/h3-6,9H,7-8,10H2,1-2H3. The van der Waals surface area contributed by atoms with E-state index in [4.69, 9.17) is 9.47 Å². The Morgan fingerprint density at radius 3 is 2.45 bits per heavy atom. The Hall–Kier alpha value is -2.17. The summed E-state index contributed by atoms with van der Waals surface area (Å²) in [5.41, 5.74) is 1.04. The molecule has 0 N–H and O–H groups in total. The largest absolute Gasteiger partial charge is 0.461 e. The predicted molar refractivity (Wildman–Crippen MR) is 71.7 cm³/mol. The first-order chi connectivity index (χ1) is 9.49. The Morgan fingerprint density at radius 2 is 1.80 bits per heavy atom. The molecule has 108 valence electrons. The molecule has 0 atom stereocenters. The molecule has 1 aromatic rings. The van der Waals surface area contributed by atoms with Crippen molar-refractivity contribution in [3.05, 3.63) is 41.7 Å². The molecule has 1 rings (SSSR count). The van der Waals surface area contributed by atoms with Crippen molar-refractivity contribution in [1.82, 2.24) is 0 Å². The molecule has 4 nitrogen and oxygen atoms in total. The highest BCUT2D eigenvalue weighted by Gasteiger charge is 2.11. The number of esters is 2. The lowest BCUT2D eigenvalue weighted by Gasteiger charge is -2.05. The van der Waals surface area contributed by atoms with Gasteiger partial charge in [-0.25, -0.2) is 4.39 Å². The average Bonchev–Trinajstić information content (AvgIpc) is 2.39. The zero-order valence-corrected chi connectivity index (χ0v) is 11.5. The van der Waals surface area contributed by atoms with Gasteiger partial charge in [0, 0.05) is 0 Å². The molecular formula is C15H17FO4. The summed E-state index contributed by atoms with van der Waals surface area (Å²) in [6.07, 6.45) is 1.52. The van der Waals surface area contributed by atoms with Gasteiger partial charge in [-0.1, -0.05) is 17.7 Å². The Kier molecular flexibility index (Phi) is 6.43. The highest BCUT2D eigenvalue weighted by atomic mass is 19.1. The average molecular weight is 280 g/mol. The Balaban J connectivity index is 2.31. The van der Waals surface area contributed by atoms with Crippen LogP contribution >= 0.6 is 0 Å². The molecule has 0 amide bonds. The SMILES string of the molecule is CC(C)=CCOC(=O)CCC(=O)Oc1ccccc1F. The molecule has 0 saturated carbocycles. The second-order valence-corrected chi connectivity index (χ2v) is 4.37. The van der Waals surface area contributed by atoms with Crippen molar-refractivity contribution in [2.24, 2.45) is 0 Å². The fraction of sp³-hybridized carbons (Fsp3) is 0.333. The van der Waals surface area contributed by atoms with Crippen LogP contribution in [0.2, 0.25) is 0 Å². The minimum Gasteiger partial charge on any atom is -0.461 e. The van der Waals surface area contributed by atoms with Crippen LogP contribution in [-0.2, 0) is 14.3 Å². The van der Waals surface area contributed by atoms with Crippen LogP contribution in [0.3, 0.4) is 0 Å². The summed E-state index contributed by atoms with van der Waals surface area (Å²) >= 11 is 0. The maximum absolute atomic E-state index is 13.2. The molecule has 0 radical (unpaired) electrons. The number of halogens is 1. The number of hydrogen-bond acceptors (Lipinski definition) is 4. The van der Waals surface area contributed by atoms with Crippen LogP contribution in [0.15, 0.2) is 35.9 Å². The first-order valence-electron chi connectivity index (χ1n) is 6.23. The molecule has 0 fully saturated rings. The van der Waals surface area contributed by atoms with E-state index in [1.807, 2.05) is 13.8 Å². The van der Waals surface area contributed by atoms with E-state index in [-0.39, 0.29) is 25.2 Å². The first-order valence-corrected chi connectivity index (χ1v) is 6.23. The molecule has 0 aromatic heterocycles. The fourth-order valence-electron chi connectivity index (χ4n) is 1.28. The topological polar surface area (TPSA) is 52.6 Å². The lowest BCUT2D eigenvalue weighted by Crippen LogP contribution is -2.13. The third kappa shape index (κ3) is 6.13. The van der Waals surface area contributed by atoms with Gasteiger partial charge in [-0.3, -0.25) is 9.59 Å². The van der Waals surface area contributed by atoms with Crippen LogP contribution in [0.1, 0.15) is 26.7 Å². The van der Waals surface area contributed by atoms with Crippen LogP contribution in [-0.4, -0.2) is 18.5 Å². The van der Waals surface area contributed by atoms with Gasteiger partial charge >= 0.3 is 11.9 Å². The van der Waals surface area contributed by atoms with Gasteiger partial charge in [-0.2, -0.15) is 0 Å². The van der Waals surface area contributed by atoms with E-state index in [0.29, 0.717) is 0 Å². The minimum absolute atomic E-state index is 0.0934. The molecule has 0 aliphatic heterocycles. The molecule has 1 aromatic carbocycles. The zero-order valence-electron chi connectivity index (χ0n) is 11.5. The van der Waals surface area contributed by atoms with Gasteiger partial charge in [0.2, 0.25) is 0 Å². The number of ether oxygens (including phenoxy) is 2. The van der Waals surface area contributed by atoms with Crippen LogP contribution in [0.4, 0.5) is 4.39 Å². The van der Waals surface area contributed by atoms with Gasteiger partial charge < -0.3 is 9.47 Å². The van der Waals surface area contributed by atoms with E-state index in [9.17, 15) is 14.0 Å². The highest BCUT2D eigenvalue weighted by Crippen LogP contribution is 2.16. The smallest absolute Gasteiger partial charge is 0.311 e. The monoisotopic (exact) mass is 280 g/mol. The van der Waals surface area contributed by atoms with Crippen molar-refractivity contribution >= 4 is 11.9 Å². The third-order valence-corrected chi connectivity index (χ3v) is 2.33. The van der Waals surface area contributed by atoms with Crippen molar-refractivity contribution in [3.63, 3.8) is 0 Å². The van der Waals surface area contributed by atoms with E-state index in [0.717, 1.165) is 5.57 Å². The second-order valence-electron chi connectivity index (χ2n) is 4.37. The summed E-state index contributed by atoms with van der Waals surface area (Å²) in [6, 6.07) is 5.59. The van der Waals surface area contributed by atoms with Crippen LogP contribution in [0, 0.1) is 5.82 Å². The van der Waals surface area contributed by atoms with Crippen molar-refractivity contribution < 1.29 is 23.5 Å². The first kappa shape index (κ1) is 15.9. The summed E-state index contributed by atoms with van der Waals surface area (Å²) in [7, 11) is 0. The predicted octanol–water partition coefficient (Wildman–Crippen LogP) is 3.02. The summed E-state index contributed by atoms with van der Waals surface area (Å²) in [6.45, 7) is 3.96. The van der Waals surface area contributed by atoms with E-state index in [1.54, 1.807) is 12.1 Å². The molecule has 0 saturated heterocycles. The van der Waals surface area contributed by atoms with Crippen LogP contribution in [0.25, 0.3) is 0 Å². The Bertz CT molecular complexity index is 504. The Morgan fingerprint density at radius 1 is 1.15 bits per heavy atom. The van der Waals surface area contributed by atoms with Gasteiger partial charge in [0.25, 0.3) is 0 Å². The van der Waals surface area contributed by atoms with Crippen LogP contribution < -0.4 is 4.74 Å². The second kappa shape index (κ2) is 8.09. The highest BCUT2D eigenvalue weighted by molar-refractivity contribution is 5.79. The molecule has 0 aliphatic carbocycles. The number of allylic oxidation sites excluding steroid dienone is 1. The number of carbonyl (C=O) groups is 2.